The number of carbonyl (C=O) groups excluding carboxylic acids is 1. The minimum atomic E-state index is -0.331. The summed E-state index contributed by atoms with van der Waals surface area (Å²) in [5, 5.41) is -0.480. The van der Waals surface area contributed by atoms with E-state index in [4.69, 9.17) is 23.2 Å². The molecule has 0 spiro atoms. The van der Waals surface area contributed by atoms with E-state index < -0.39 is 0 Å². The van der Waals surface area contributed by atoms with Crippen molar-refractivity contribution < 1.29 is 9.53 Å². The molecule has 4 heteroatoms. The van der Waals surface area contributed by atoms with Crippen molar-refractivity contribution >= 4 is 29.2 Å². The molecule has 0 fully saturated rings. The SMILES string of the molecule is CC(=O)OCC(Cl)C(C)Cl. The number of carbonyl (C=O) groups is 1. The van der Waals surface area contributed by atoms with Crippen molar-refractivity contribution in [2.45, 2.75) is 24.6 Å². The third-order valence-corrected chi connectivity index (χ3v) is 1.88. The number of halogens is 2. The maximum atomic E-state index is 10.2. The van der Waals surface area contributed by atoms with E-state index in [1.807, 2.05) is 0 Å². The lowest BCUT2D eigenvalue weighted by Gasteiger charge is -2.10. The highest BCUT2D eigenvalue weighted by molar-refractivity contribution is 6.29. The minimum absolute atomic E-state index is 0.180. The van der Waals surface area contributed by atoms with Gasteiger partial charge in [-0.2, -0.15) is 0 Å². The highest BCUT2D eigenvalue weighted by atomic mass is 35.5. The fourth-order valence-electron chi connectivity index (χ4n) is 0.330. The van der Waals surface area contributed by atoms with E-state index in [2.05, 4.69) is 4.74 Å². The molecule has 0 heterocycles. The highest BCUT2D eigenvalue weighted by Gasteiger charge is 2.12. The molecule has 0 radical (unpaired) electrons. The summed E-state index contributed by atoms with van der Waals surface area (Å²) in [6.45, 7) is 3.27. The molecule has 0 rings (SSSR count). The molecule has 0 bridgehead atoms. The predicted octanol–water partition coefficient (Wildman–Crippen LogP) is 1.78. The summed E-state index contributed by atoms with van der Waals surface area (Å²) in [5.41, 5.74) is 0. The summed E-state index contributed by atoms with van der Waals surface area (Å²) < 4.78 is 4.61. The molecular formula is C6H10Cl2O2. The second kappa shape index (κ2) is 4.80. The van der Waals surface area contributed by atoms with Crippen LogP contribution in [0.15, 0.2) is 0 Å². The Morgan fingerprint density at radius 3 is 2.40 bits per heavy atom. The van der Waals surface area contributed by atoms with Crippen LogP contribution in [0.1, 0.15) is 13.8 Å². The standard InChI is InChI=1S/C6H10Cl2O2/c1-4(7)6(8)3-10-5(2)9/h4,6H,3H2,1-2H3. The van der Waals surface area contributed by atoms with Gasteiger partial charge in [0.05, 0.1) is 10.8 Å². The topological polar surface area (TPSA) is 26.3 Å². The predicted molar refractivity (Wildman–Crippen MR) is 41.6 cm³/mol. The fourth-order valence-corrected chi connectivity index (χ4v) is 0.465. The van der Waals surface area contributed by atoms with Gasteiger partial charge in [-0.25, -0.2) is 0 Å². The van der Waals surface area contributed by atoms with Gasteiger partial charge >= 0.3 is 5.97 Å². The lowest BCUT2D eigenvalue weighted by Crippen LogP contribution is -2.19. The molecule has 2 atom stereocenters. The van der Waals surface area contributed by atoms with E-state index in [1.54, 1.807) is 6.92 Å². The van der Waals surface area contributed by atoms with Crippen molar-refractivity contribution in [2.24, 2.45) is 0 Å². The summed E-state index contributed by atoms with van der Waals surface area (Å²) >= 11 is 11.2. The van der Waals surface area contributed by atoms with Crippen LogP contribution in [0.5, 0.6) is 0 Å². The Kier molecular flexibility index (Phi) is 4.83. The van der Waals surface area contributed by atoms with E-state index >= 15 is 0 Å². The number of esters is 1. The van der Waals surface area contributed by atoms with Crippen LogP contribution in [0.3, 0.4) is 0 Å². The first-order chi connectivity index (χ1) is 4.54. The normalized spacial score (nSPS) is 16.0. The average Bonchev–Trinajstić information content (AvgIpc) is 1.82. The van der Waals surface area contributed by atoms with Crippen molar-refractivity contribution in [2.75, 3.05) is 6.61 Å². The molecule has 0 aromatic carbocycles. The number of rotatable bonds is 3. The summed E-state index contributed by atoms with van der Waals surface area (Å²) in [5.74, 6) is -0.331. The smallest absolute Gasteiger partial charge is 0.302 e. The molecule has 0 N–H and O–H groups in total. The molecule has 10 heavy (non-hydrogen) atoms. The van der Waals surface area contributed by atoms with Crippen molar-refractivity contribution in [3.63, 3.8) is 0 Å². The van der Waals surface area contributed by atoms with E-state index in [9.17, 15) is 4.79 Å². The third-order valence-electron chi connectivity index (χ3n) is 0.944. The molecule has 0 aromatic heterocycles. The second-order valence-corrected chi connectivity index (χ2v) is 3.25. The molecule has 0 saturated heterocycles. The summed E-state index contributed by atoms with van der Waals surface area (Å²) in [6.07, 6.45) is 0. The van der Waals surface area contributed by atoms with Crippen LogP contribution in [0.2, 0.25) is 0 Å². The lowest BCUT2D eigenvalue weighted by atomic mass is 10.3. The zero-order valence-electron chi connectivity index (χ0n) is 5.93. The Morgan fingerprint density at radius 1 is 1.60 bits per heavy atom. The van der Waals surface area contributed by atoms with Gasteiger partial charge in [0.2, 0.25) is 0 Å². The zero-order chi connectivity index (χ0) is 8.15. The van der Waals surface area contributed by atoms with Gasteiger partial charge in [0.15, 0.2) is 0 Å². The molecule has 0 aliphatic heterocycles. The highest BCUT2D eigenvalue weighted by Crippen LogP contribution is 2.08. The molecule has 0 aliphatic rings. The summed E-state index contributed by atoms with van der Waals surface area (Å²) in [6, 6.07) is 0. The van der Waals surface area contributed by atoms with Crippen molar-refractivity contribution in [3.05, 3.63) is 0 Å². The first-order valence-electron chi connectivity index (χ1n) is 2.95. The summed E-state index contributed by atoms with van der Waals surface area (Å²) in [7, 11) is 0. The Morgan fingerprint density at radius 2 is 2.10 bits per heavy atom. The van der Waals surface area contributed by atoms with Crippen LogP contribution in [-0.4, -0.2) is 23.3 Å². The zero-order valence-corrected chi connectivity index (χ0v) is 7.45. The second-order valence-electron chi connectivity index (χ2n) is 2.00. The van der Waals surface area contributed by atoms with Crippen LogP contribution in [0.25, 0.3) is 0 Å². The van der Waals surface area contributed by atoms with Crippen LogP contribution < -0.4 is 0 Å². The molecule has 0 amide bonds. The van der Waals surface area contributed by atoms with Gasteiger partial charge in [0.25, 0.3) is 0 Å². The van der Waals surface area contributed by atoms with E-state index in [-0.39, 0.29) is 23.3 Å². The molecule has 60 valence electrons. The van der Waals surface area contributed by atoms with E-state index in [0.29, 0.717) is 0 Å². The molecular weight excluding hydrogens is 175 g/mol. The molecule has 0 aromatic rings. The van der Waals surface area contributed by atoms with Gasteiger partial charge in [0, 0.05) is 6.92 Å². The Labute approximate surface area is 70.4 Å². The quantitative estimate of drug-likeness (QED) is 0.494. The molecule has 2 nitrogen and oxygen atoms in total. The van der Waals surface area contributed by atoms with Gasteiger partial charge < -0.3 is 4.74 Å². The fraction of sp³-hybridized carbons (Fsp3) is 0.833. The molecule has 2 unspecified atom stereocenters. The van der Waals surface area contributed by atoms with Gasteiger partial charge in [-0.05, 0) is 6.92 Å². The first-order valence-corrected chi connectivity index (χ1v) is 3.83. The van der Waals surface area contributed by atoms with Gasteiger partial charge in [-0.1, -0.05) is 0 Å². The van der Waals surface area contributed by atoms with Gasteiger partial charge in [0.1, 0.15) is 6.61 Å². The number of ether oxygens (including phenoxy) is 1. The Bertz CT molecular complexity index is 114. The van der Waals surface area contributed by atoms with Crippen LogP contribution in [0, 0.1) is 0 Å². The third kappa shape index (κ3) is 4.89. The largest absolute Gasteiger partial charge is 0.464 e. The maximum Gasteiger partial charge on any atom is 0.302 e. The van der Waals surface area contributed by atoms with Crippen molar-refractivity contribution in [1.82, 2.24) is 0 Å². The van der Waals surface area contributed by atoms with Crippen LogP contribution in [0.4, 0.5) is 0 Å². The van der Waals surface area contributed by atoms with Crippen LogP contribution >= 0.6 is 23.2 Å². The molecule has 0 saturated carbocycles. The first kappa shape index (κ1) is 10.0. The number of hydrogen-bond acceptors (Lipinski definition) is 2. The Hall–Kier alpha value is 0.0500. The van der Waals surface area contributed by atoms with E-state index in [0.717, 1.165) is 0 Å². The van der Waals surface area contributed by atoms with Crippen molar-refractivity contribution in [1.29, 1.82) is 0 Å². The number of hydrogen-bond donors (Lipinski definition) is 0. The average molecular weight is 185 g/mol. The lowest BCUT2D eigenvalue weighted by molar-refractivity contribution is -0.140. The molecule has 0 aliphatic carbocycles. The monoisotopic (exact) mass is 184 g/mol. The minimum Gasteiger partial charge on any atom is -0.464 e. The maximum absolute atomic E-state index is 10.2. The van der Waals surface area contributed by atoms with Crippen molar-refractivity contribution in [3.8, 4) is 0 Å². The van der Waals surface area contributed by atoms with E-state index in [1.165, 1.54) is 6.92 Å². The van der Waals surface area contributed by atoms with Gasteiger partial charge in [-0.3, -0.25) is 4.79 Å². The summed E-state index contributed by atoms with van der Waals surface area (Å²) in [4.78, 5) is 10.2. The number of alkyl halides is 2. The van der Waals surface area contributed by atoms with Crippen LogP contribution in [-0.2, 0) is 9.53 Å². The Balaban J connectivity index is 3.39. The van der Waals surface area contributed by atoms with Gasteiger partial charge in [-0.15, -0.1) is 23.2 Å².